The van der Waals surface area contributed by atoms with Crippen molar-refractivity contribution in [3.8, 4) is 6.07 Å². The van der Waals surface area contributed by atoms with Crippen molar-refractivity contribution in [1.82, 2.24) is 5.32 Å². The molecule has 0 aliphatic heterocycles. The topological polar surface area (TPSA) is 96.0 Å². The monoisotopic (exact) mass is 275 g/mol. The highest BCUT2D eigenvalue weighted by Crippen LogP contribution is 2.26. The van der Waals surface area contributed by atoms with Crippen LogP contribution in [-0.2, 0) is 11.3 Å². The molecule has 0 bridgehead atoms. The molecule has 0 saturated carbocycles. The molecule has 0 heterocycles. The Morgan fingerprint density at radius 2 is 2.00 bits per heavy atom. The zero-order valence-corrected chi connectivity index (χ0v) is 11.5. The van der Waals surface area contributed by atoms with Gasteiger partial charge in [-0.15, -0.1) is 0 Å². The zero-order chi connectivity index (χ0) is 15.2. The van der Waals surface area contributed by atoms with Crippen LogP contribution < -0.4 is 5.32 Å². The van der Waals surface area contributed by atoms with E-state index in [4.69, 9.17) is 5.26 Å². The van der Waals surface area contributed by atoms with Crippen LogP contribution in [0.25, 0.3) is 0 Å². The number of nitro benzene ring substituents is 1. The molecule has 0 aliphatic rings. The van der Waals surface area contributed by atoms with E-state index in [1.165, 1.54) is 6.07 Å². The summed E-state index contributed by atoms with van der Waals surface area (Å²) >= 11 is 0. The second-order valence-corrected chi connectivity index (χ2v) is 4.47. The van der Waals surface area contributed by atoms with Crippen LogP contribution in [-0.4, -0.2) is 10.8 Å². The average molecular weight is 275 g/mol. The number of nitrogens with zero attached hydrogens (tertiary/aromatic N) is 2. The van der Waals surface area contributed by atoms with Gasteiger partial charge in [-0.05, 0) is 12.8 Å². The maximum absolute atomic E-state index is 12.1. The fraction of sp³-hybridized carbons (Fsp3) is 0.429. The van der Waals surface area contributed by atoms with E-state index in [0.717, 1.165) is 0 Å². The summed E-state index contributed by atoms with van der Waals surface area (Å²) in [7, 11) is 0. The largest absolute Gasteiger partial charge is 0.350 e. The number of hydrogen-bond donors (Lipinski definition) is 1. The Kier molecular flexibility index (Phi) is 5.21. The molecule has 0 atom stereocenters. The Hall–Kier alpha value is -2.42. The van der Waals surface area contributed by atoms with E-state index in [0.29, 0.717) is 18.4 Å². The first-order valence-corrected chi connectivity index (χ1v) is 6.42. The Labute approximate surface area is 117 Å². The van der Waals surface area contributed by atoms with Gasteiger partial charge < -0.3 is 5.32 Å². The lowest BCUT2D eigenvalue weighted by molar-refractivity contribution is -0.385. The molecule has 0 spiro atoms. The quantitative estimate of drug-likeness (QED) is 0.637. The van der Waals surface area contributed by atoms with E-state index in [1.54, 1.807) is 32.0 Å². The fourth-order valence-corrected chi connectivity index (χ4v) is 1.96. The van der Waals surface area contributed by atoms with Crippen LogP contribution in [0.4, 0.5) is 5.69 Å². The van der Waals surface area contributed by atoms with Gasteiger partial charge >= 0.3 is 0 Å². The first kappa shape index (κ1) is 15.6. The highest BCUT2D eigenvalue weighted by molar-refractivity contribution is 5.85. The number of carbonyl (C=O) groups excluding carboxylic acids is 1. The number of carbonyl (C=O) groups is 1. The number of rotatable bonds is 6. The van der Waals surface area contributed by atoms with Gasteiger partial charge in [-0.2, -0.15) is 5.26 Å². The van der Waals surface area contributed by atoms with E-state index < -0.39 is 10.3 Å². The Morgan fingerprint density at radius 3 is 2.50 bits per heavy atom. The minimum absolute atomic E-state index is 0.0386. The number of nitro groups is 1. The molecule has 20 heavy (non-hydrogen) atoms. The van der Waals surface area contributed by atoms with E-state index in [1.807, 2.05) is 6.07 Å². The molecule has 6 nitrogen and oxygen atoms in total. The fourth-order valence-electron chi connectivity index (χ4n) is 1.96. The van der Waals surface area contributed by atoms with E-state index in [-0.39, 0.29) is 18.1 Å². The van der Waals surface area contributed by atoms with Crippen molar-refractivity contribution in [3.63, 3.8) is 0 Å². The molecule has 1 rings (SSSR count). The molecular weight excluding hydrogens is 258 g/mol. The Bertz CT molecular complexity index is 545. The summed E-state index contributed by atoms with van der Waals surface area (Å²) in [5, 5.41) is 22.7. The van der Waals surface area contributed by atoms with Crippen LogP contribution in [0.15, 0.2) is 24.3 Å². The maximum atomic E-state index is 12.1. The lowest BCUT2D eigenvalue weighted by Crippen LogP contribution is -2.39. The summed E-state index contributed by atoms with van der Waals surface area (Å²) in [6.45, 7) is 3.59. The number of nitrogens with one attached hydrogen (secondary N) is 1. The highest BCUT2D eigenvalue weighted by Gasteiger charge is 2.34. The van der Waals surface area contributed by atoms with E-state index in [2.05, 4.69) is 5.32 Å². The molecule has 0 aromatic heterocycles. The molecule has 106 valence electrons. The SMILES string of the molecule is CCC(C#N)(CC)C(=O)NCc1ccccc1[N+](=O)[O-]. The zero-order valence-electron chi connectivity index (χ0n) is 11.5. The Morgan fingerprint density at radius 1 is 1.40 bits per heavy atom. The number of benzene rings is 1. The van der Waals surface area contributed by atoms with Crippen LogP contribution in [0.2, 0.25) is 0 Å². The standard InChI is InChI=1S/C14H17N3O3/c1-3-14(4-2,10-15)13(18)16-9-11-7-5-6-8-12(11)17(19)20/h5-8H,3-4,9H2,1-2H3,(H,16,18). The molecule has 1 aromatic carbocycles. The van der Waals surface area contributed by atoms with Gasteiger partial charge in [-0.3, -0.25) is 14.9 Å². The van der Waals surface area contributed by atoms with Gasteiger partial charge in [-0.25, -0.2) is 0 Å². The molecule has 1 amide bonds. The van der Waals surface area contributed by atoms with Gasteiger partial charge in [0.1, 0.15) is 5.41 Å². The molecule has 0 unspecified atom stereocenters. The van der Waals surface area contributed by atoms with Crippen molar-refractivity contribution in [2.24, 2.45) is 5.41 Å². The minimum Gasteiger partial charge on any atom is -0.350 e. The number of amides is 1. The third-order valence-electron chi connectivity index (χ3n) is 3.48. The highest BCUT2D eigenvalue weighted by atomic mass is 16.6. The van der Waals surface area contributed by atoms with Crippen molar-refractivity contribution in [2.75, 3.05) is 0 Å². The lowest BCUT2D eigenvalue weighted by atomic mass is 9.83. The normalized spacial score (nSPS) is 10.7. The molecule has 0 saturated heterocycles. The molecule has 1 aromatic rings. The van der Waals surface area contributed by atoms with Crippen molar-refractivity contribution >= 4 is 11.6 Å². The summed E-state index contributed by atoms with van der Waals surface area (Å²) in [6, 6.07) is 8.26. The first-order chi connectivity index (χ1) is 9.50. The van der Waals surface area contributed by atoms with Crippen molar-refractivity contribution in [3.05, 3.63) is 39.9 Å². The van der Waals surface area contributed by atoms with E-state index in [9.17, 15) is 14.9 Å². The van der Waals surface area contributed by atoms with Gasteiger partial charge in [0.25, 0.3) is 5.69 Å². The smallest absolute Gasteiger partial charge is 0.274 e. The molecule has 0 fully saturated rings. The van der Waals surface area contributed by atoms with Gasteiger partial charge in [0.05, 0.1) is 11.0 Å². The molecule has 0 aliphatic carbocycles. The Balaban J connectivity index is 2.85. The summed E-state index contributed by atoms with van der Waals surface area (Å²) in [6.07, 6.45) is 0.811. The van der Waals surface area contributed by atoms with Crippen molar-refractivity contribution in [1.29, 1.82) is 5.26 Å². The van der Waals surface area contributed by atoms with Gasteiger partial charge in [0.2, 0.25) is 5.91 Å². The van der Waals surface area contributed by atoms with Crippen LogP contribution in [0, 0.1) is 26.9 Å². The van der Waals surface area contributed by atoms with Crippen molar-refractivity contribution in [2.45, 2.75) is 33.2 Å². The van der Waals surface area contributed by atoms with Crippen LogP contribution in [0.1, 0.15) is 32.3 Å². The van der Waals surface area contributed by atoms with Crippen LogP contribution in [0.5, 0.6) is 0 Å². The number of para-hydroxylation sites is 1. The summed E-state index contributed by atoms with van der Waals surface area (Å²) in [5.74, 6) is -0.386. The summed E-state index contributed by atoms with van der Waals surface area (Å²) in [5.41, 5.74) is -0.683. The third-order valence-corrected chi connectivity index (χ3v) is 3.48. The third kappa shape index (κ3) is 3.12. The number of hydrogen-bond acceptors (Lipinski definition) is 4. The first-order valence-electron chi connectivity index (χ1n) is 6.42. The summed E-state index contributed by atoms with van der Waals surface area (Å²) in [4.78, 5) is 22.5. The number of nitriles is 1. The second kappa shape index (κ2) is 6.66. The molecule has 6 heteroatoms. The van der Waals surface area contributed by atoms with E-state index >= 15 is 0 Å². The maximum Gasteiger partial charge on any atom is 0.274 e. The average Bonchev–Trinajstić information content (AvgIpc) is 2.47. The lowest BCUT2D eigenvalue weighted by Gasteiger charge is -2.22. The summed E-state index contributed by atoms with van der Waals surface area (Å²) < 4.78 is 0. The van der Waals surface area contributed by atoms with Crippen LogP contribution >= 0.6 is 0 Å². The van der Waals surface area contributed by atoms with Crippen LogP contribution in [0.3, 0.4) is 0 Å². The van der Waals surface area contributed by atoms with Gasteiger partial charge in [0, 0.05) is 18.2 Å². The molecular formula is C14H17N3O3. The predicted octanol–water partition coefficient (Wildman–Crippen LogP) is 2.54. The predicted molar refractivity (Wildman–Crippen MR) is 73.6 cm³/mol. The second-order valence-electron chi connectivity index (χ2n) is 4.47. The van der Waals surface area contributed by atoms with Crippen molar-refractivity contribution < 1.29 is 9.72 Å². The molecule has 1 N–H and O–H groups in total. The van der Waals surface area contributed by atoms with Gasteiger partial charge in [-0.1, -0.05) is 32.0 Å². The van der Waals surface area contributed by atoms with Gasteiger partial charge in [0.15, 0.2) is 0 Å². The molecule has 0 radical (unpaired) electrons. The minimum atomic E-state index is -1.07.